The van der Waals surface area contributed by atoms with Crippen LogP contribution in [0.25, 0.3) is 0 Å². The number of nitrogens with zero attached hydrogens (tertiary/aromatic N) is 1. The number of likely N-dealkylation sites (tertiary alicyclic amines) is 1. The summed E-state index contributed by atoms with van der Waals surface area (Å²) in [6, 6.07) is 15.7. The Labute approximate surface area is 245 Å². The van der Waals surface area contributed by atoms with E-state index in [0.29, 0.717) is 18.5 Å². The topological polar surface area (TPSA) is 134 Å². The number of benzene rings is 2. The fourth-order valence-corrected chi connectivity index (χ4v) is 3.89. The number of carbonyl (C=O) groups is 4. The van der Waals surface area contributed by atoms with Gasteiger partial charge in [-0.25, -0.2) is 0 Å². The molecular weight excluding hydrogens is 518 g/mol. The zero-order valence-corrected chi connectivity index (χ0v) is 25.1. The molecule has 222 valence electrons. The monoisotopic (exact) mass is 563 g/mol. The van der Waals surface area contributed by atoms with Crippen LogP contribution >= 0.6 is 0 Å². The molecule has 4 amide bonds. The Bertz CT molecular complexity index is 1140. The molecule has 5 N–H and O–H groups in total. The molecular formula is C32H45N5O4. The van der Waals surface area contributed by atoms with E-state index in [1.165, 1.54) is 6.92 Å². The van der Waals surface area contributed by atoms with Crippen molar-refractivity contribution in [1.29, 1.82) is 0 Å². The second-order valence-electron chi connectivity index (χ2n) is 9.69. The lowest BCUT2D eigenvalue weighted by atomic mass is 9.94. The molecule has 0 saturated carbocycles. The smallest absolute Gasteiger partial charge is 0.251 e. The highest BCUT2D eigenvalue weighted by molar-refractivity contribution is 5.95. The largest absolute Gasteiger partial charge is 0.374 e. The SMILES string of the molecule is C#C.C=CC.CC(Nc1ccc(C(=O)NC(C)(C)c2ccccc2)cc1)C(=O)N1CCC[C@H]1C(N)=O.CNC(C)=O. The predicted octanol–water partition coefficient (Wildman–Crippen LogP) is 3.82. The number of allylic oxidation sites excluding steroid dienone is 1. The maximum Gasteiger partial charge on any atom is 0.251 e. The molecule has 0 radical (unpaired) electrons. The van der Waals surface area contributed by atoms with E-state index in [1.807, 2.05) is 51.1 Å². The summed E-state index contributed by atoms with van der Waals surface area (Å²) in [7, 11) is 1.60. The lowest BCUT2D eigenvalue weighted by Gasteiger charge is -2.27. The molecule has 2 aromatic rings. The average molecular weight is 564 g/mol. The van der Waals surface area contributed by atoms with E-state index in [9.17, 15) is 19.2 Å². The first-order valence-electron chi connectivity index (χ1n) is 13.3. The van der Waals surface area contributed by atoms with Gasteiger partial charge in [-0.2, -0.15) is 0 Å². The molecule has 1 fully saturated rings. The van der Waals surface area contributed by atoms with Crippen molar-refractivity contribution in [3.05, 3.63) is 78.4 Å². The van der Waals surface area contributed by atoms with E-state index in [2.05, 4.69) is 35.4 Å². The van der Waals surface area contributed by atoms with E-state index in [1.54, 1.807) is 49.2 Å². The van der Waals surface area contributed by atoms with Crippen LogP contribution in [0, 0.1) is 12.8 Å². The van der Waals surface area contributed by atoms with Crippen molar-refractivity contribution < 1.29 is 19.2 Å². The van der Waals surface area contributed by atoms with Crippen LogP contribution in [0.3, 0.4) is 0 Å². The second-order valence-corrected chi connectivity index (χ2v) is 9.69. The van der Waals surface area contributed by atoms with Gasteiger partial charge in [0.1, 0.15) is 12.1 Å². The molecule has 9 nitrogen and oxygen atoms in total. The summed E-state index contributed by atoms with van der Waals surface area (Å²) >= 11 is 0. The molecule has 1 aliphatic heterocycles. The van der Waals surface area contributed by atoms with Gasteiger partial charge in [0.25, 0.3) is 5.91 Å². The molecule has 3 rings (SSSR count). The van der Waals surface area contributed by atoms with Gasteiger partial charge in [0.2, 0.25) is 17.7 Å². The Balaban J connectivity index is 0.00000140. The third-order valence-corrected chi connectivity index (χ3v) is 6.04. The molecule has 1 unspecified atom stereocenters. The molecule has 1 saturated heterocycles. The normalized spacial score (nSPS) is 14.1. The van der Waals surface area contributed by atoms with Gasteiger partial charge in [-0.15, -0.1) is 19.4 Å². The highest BCUT2D eigenvalue weighted by Crippen LogP contribution is 2.22. The molecule has 0 bridgehead atoms. The van der Waals surface area contributed by atoms with Crippen molar-refractivity contribution in [2.75, 3.05) is 18.9 Å². The van der Waals surface area contributed by atoms with Gasteiger partial charge in [-0.05, 0) is 70.4 Å². The third-order valence-electron chi connectivity index (χ3n) is 6.04. The molecule has 1 aliphatic rings. The minimum atomic E-state index is -0.532. The van der Waals surface area contributed by atoms with Crippen LogP contribution in [0.2, 0.25) is 0 Å². The molecule has 0 aliphatic carbocycles. The van der Waals surface area contributed by atoms with Crippen molar-refractivity contribution >= 4 is 29.3 Å². The van der Waals surface area contributed by atoms with E-state index < -0.39 is 23.5 Å². The summed E-state index contributed by atoms with van der Waals surface area (Å²) in [5.41, 5.74) is 7.17. The van der Waals surface area contributed by atoms with Gasteiger partial charge in [0.05, 0.1) is 5.54 Å². The van der Waals surface area contributed by atoms with E-state index >= 15 is 0 Å². The summed E-state index contributed by atoms with van der Waals surface area (Å²) < 4.78 is 0. The molecule has 1 heterocycles. The van der Waals surface area contributed by atoms with E-state index in [-0.39, 0.29) is 17.7 Å². The molecule has 2 atom stereocenters. The summed E-state index contributed by atoms with van der Waals surface area (Å²) in [4.78, 5) is 48.2. The van der Waals surface area contributed by atoms with Crippen molar-refractivity contribution in [1.82, 2.24) is 15.5 Å². The molecule has 2 aromatic carbocycles. The first kappa shape index (κ1) is 36.4. The summed E-state index contributed by atoms with van der Waals surface area (Å²) in [6.07, 6.45) is 11.1. The molecule has 0 spiro atoms. The summed E-state index contributed by atoms with van der Waals surface area (Å²) in [5, 5.41) is 8.59. The van der Waals surface area contributed by atoms with Crippen molar-refractivity contribution in [3.8, 4) is 12.8 Å². The molecule has 41 heavy (non-hydrogen) atoms. The standard InChI is InChI=1S/C24H30N4O3.C3H7NO.C3H6.C2H2/c1-16(23(31)28-15-7-10-20(28)21(25)29)26-19-13-11-17(12-14-19)22(30)27-24(2,3)18-8-5-4-6-9-18;1-3(5)4-2;1-3-2;1-2/h4-6,8-9,11-14,16,20,26H,7,10,15H2,1-3H3,(H2,25,29)(H,27,30);1-2H3,(H,4,5);3H,1H2,2H3;1-2H/t16?,20-;;;/m0.../s1. The number of amides is 4. The summed E-state index contributed by atoms with van der Waals surface area (Å²) in [5.74, 6) is -0.796. The highest BCUT2D eigenvalue weighted by Gasteiger charge is 2.34. The third kappa shape index (κ3) is 12.4. The van der Waals surface area contributed by atoms with Crippen molar-refractivity contribution in [2.24, 2.45) is 5.73 Å². The Hall–Kier alpha value is -4.58. The quantitative estimate of drug-likeness (QED) is 0.300. The first-order valence-corrected chi connectivity index (χ1v) is 13.3. The Morgan fingerprint density at radius 3 is 2.05 bits per heavy atom. The Kier molecular flexibility index (Phi) is 16.6. The van der Waals surface area contributed by atoms with E-state index in [0.717, 1.165) is 17.7 Å². The van der Waals surface area contributed by atoms with Gasteiger partial charge in [-0.3, -0.25) is 19.2 Å². The summed E-state index contributed by atoms with van der Waals surface area (Å²) in [6.45, 7) is 12.9. The van der Waals surface area contributed by atoms with Crippen LogP contribution < -0.4 is 21.7 Å². The lowest BCUT2D eigenvalue weighted by molar-refractivity contribution is -0.137. The number of primary amides is 1. The number of hydrogen-bond donors (Lipinski definition) is 4. The number of terminal acetylenes is 1. The van der Waals surface area contributed by atoms with Crippen LogP contribution in [0.5, 0.6) is 0 Å². The van der Waals surface area contributed by atoms with Gasteiger partial charge < -0.3 is 26.6 Å². The van der Waals surface area contributed by atoms with Gasteiger partial charge >= 0.3 is 0 Å². The maximum absolute atomic E-state index is 12.7. The second kappa shape index (κ2) is 18.7. The van der Waals surface area contributed by atoms with Gasteiger partial charge in [-0.1, -0.05) is 36.4 Å². The molecule has 9 heteroatoms. The number of hydrogen-bond acceptors (Lipinski definition) is 5. The van der Waals surface area contributed by atoms with Crippen molar-refractivity contribution in [3.63, 3.8) is 0 Å². The Morgan fingerprint density at radius 1 is 1.07 bits per heavy atom. The van der Waals surface area contributed by atoms with Gasteiger partial charge in [0, 0.05) is 31.8 Å². The van der Waals surface area contributed by atoms with Crippen molar-refractivity contribution in [2.45, 2.75) is 65.1 Å². The fourth-order valence-electron chi connectivity index (χ4n) is 3.89. The number of nitrogens with two attached hydrogens (primary N) is 1. The molecule has 0 aromatic heterocycles. The number of carbonyl (C=O) groups excluding carboxylic acids is 4. The lowest BCUT2D eigenvalue weighted by Crippen LogP contribution is -2.48. The highest BCUT2D eigenvalue weighted by atomic mass is 16.2. The van der Waals surface area contributed by atoms with Gasteiger partial charge in [0.15, 0.2) is 0 Å². The zero-order chi connectivity index (χ0) is 31.6. The minimum absolute atomic E-state index is 0.00463. The average Bonchev–Trinajstić information content (AvgIpc) is 3.45. The Morgan fingerprint density at radius 2 is 1.59 bits per heavy atom. The van der Waals surface area contributed by atoms with Crippen LogP contribution in [-0.4, -0.2) is 54.2 Å². The van der Waals surface area contributed by atoms with Crippen LogP contribution in [0.15, 0.2) is 67.3 Å². The predicted molar refractivity (Wildman–Crippen MR) is 166 cm³/mol. The van der Waals surface area contributed by atoms with E-state index in [4.69, 9.17) is 5.73 Å². The number of nitrogens with one attached hydrogen (secondary N) is 3. The van der Waals surface area contributed by atoms with Crippen LogP contribution in [0.1, 0.15) is 63.4 Å². The number of rotatable bonds is 7. The fraction of sp³-hybridized carbons (Fsp3) is 0.375. The zero-order valence-electron chi connectivity index (χ0n) is 25.1. The minimum Gasteiger partial charge on any atom is -0.374 e. The number of anilines is 1. The first-order chi connectivity index (χ1) is 19.4. The van der Waals surface area contributed by atoms with Crippen LogP contribution in [0.4, 0.5) is 5.69 Å². The van der Waals surface area contributed by atoms with Crippen LogP contribution in [-0.2, 0) is 19.9 Å². The maximum atomic E-state index is 12.7.